The van der Waals surface area contributed by atoms with Crippen molar-refractivity contribution in [3.05, 3.63) is 64.2 Å². The first-order chi connectivity index (χ1) is 12.9. The Morgan fingerprint density at radius 3 is 2.59 bits per heavy atom. The maximum absolute atomic E-state index is 13.4. The molecule has 1 heterocycles. The van der Waals surface area contributed by atoms with E-state index in [2.05, 4.69) is 15.6 Å². The van der Waals surface area contributed by atoms with Crippen LogP contribution in [0.2, 0.25) is 0 Å². The summed E-state index contributed by atoms with van der Waals surface area (Å²) in [6, 6.07) is 8.41. The van der Waals surface area contributed by atoms with E-state index in [4.69, 9.17) is 4.74 Å². The first-order valence-corrected chi connectivity index (χ1v) is 7.97. The molecule has 0 fully saturated rings. The van der Waals surface area contributed by atoms with Crippen LogP contribution >= 0.6 is 0 Å². The summed E-state index contributed by atoms with van der Waals surface area (Å²) in [5.41, 5.74) is 0.363. The summed E-state index contributed by atoms with van der Waals surface area (Å²) >= 11 is 0. The molecule has 0 atom stereocenters. The zero-order valence-electron chi connectivity index (χ0n) is 14.6. The number of methoxy groups -OCH3 is 1. The van der Waals surface area contributed by atoms with Crippen molar-refractivity contribution in [3.8, 4) is 5.75 Å². The third-order valence-electron chi connectivity index (χ3n) is 3.86. The second-order valence-electron chi connectivity index (χ2n) is 5.77. The Labute approximate surface area is 153 Å². The summed E-state index contributed by atoms with van der Waals surface area (Å²) in [7, 11) is 1.43. The van der Waals surface area contributed by atoms with Crippen molar-refractivity contribution in [2.24, 2.45) is 0 Å². The third kappa shape index (κ3) is 3.79. The highest BCUT2D eigenvalue weighted by Gasteiger charge is 2.16. The van der Waals surface area contributed by atoms with Crippen LogP contribution in [0.3, 0.4) is 0 Å². The van der Waals surface area contributed by atoms with Gasteiger partial charge in [0.25, 0.3) is 5.91 Å². The summed E-state index contributed by atoms with van der Waals surface area (Å²) < 4.78 is 18.6. The predicted octanol–water partition coefficient (Wildman–Crippen LogP) is 2.89. The second-order valence-corrected chi connectivity index (χ2v) is 5.77. The Hall–Kier alpha value is -3.68. The van der Waals surface area contributed by atoms with Crippen molar-refractivity contribution in [3.63, 3.8) is 0 Å². The lowest BCUT2D eigenvalue weighted by atomic mass is 10.1. The lowest BCUT2D eigenvalue weighted by Gasteiger charge is -2.12. The molecule has 3 rings (SSSR count). The highest BCUT2D eigenvalue weighted by atomic mass is 19.1. The molecule has 1 aromatic heterocycles. The van der Waals surface area contributed by atoms with Crippen molar-refractivity contribution in [2.45, 2.75) is 6.92 Å². The SMILES string of the molecule is COc1ccc(NC(C)=O)cc1NC(=O)c1c[nH]c2ccc(F)cc2c1=O. The molecule has 3 N–H and O–H groups in total. The van der Waals surface area contributed by atoms with Crippen molar-refractivity contribution < 1.29 is 18.7 Å². The fourth-order valence-electron chi connectivity index (χ4n) is 2.64. The average molecular weight is 369 g/mol. The predicted molar refractivity (Wildman–Crippen MR) is 99.8 cm³/mol. The van der Waals surface area contributed by atoms with E-state index in [0.29, 0.717) is 17.0 Å². The number of halogens is 1. The van der Waals surface area contributed by atoms with Gasteiger partial charge in [-0.05, 0) is 36.4 Å². The highest BCUT2D eigenvalue weighted by molar-refractivity contribution is 6.06. The van der Waals surface area contributed by atoms with Gasteiger partial charge in [-0.2, -0.15) is 0 Å². The monoisotopic (exact) mass is 369 g/mol. The first-order valence-electron chi connectivity index (χ1n) is 7.97. The molecular formula is C19H16FN3O4. The summed E-state index contributed by atoms with van der Waals surface area (Å²) in [4.78, 5) is 39.2. The number of hydrogen-bond acceptors (Lipinski definition) is 4. The number of nitrogens with one attached hydrogen (secondary N) is 3. The summed E-state index contributed by atoms with van der Waals surface area (Å²) in [6.07, 6.45) is 1.27. The second kappa shape index (κ2) is 7.28. The molecule has 0 saturated carbocycles. The van der Waals surface area contributed by atoms with Gasteiger partial charge in [0.1, 0.15) is 17.1 Å². The number of aromatic amines is 1. The number of carbonyl (C=O) groups excluding carboxylic acids is 2. The van der Waals surface area contributed by atoms with Crippen molar-refractivity contribution in [1.29, 1.82) is 0 Å². The van der Waals surface area contributed by atoms with E-state index in [1.54, 1.807) is 12.1 Å². The van der Waals surface area contributed by atoms with Gasteiger partial charge in [-0.3, -0.25) is 14.4 Å². The molecule has 0 aliphatic heterocycles. The highest BCUT2D eigenvalue weighted by Crippen LogP contribution is 2.28. The van der Waals surface area contributed by atoms with Crippen molar-refractivity contribution in [1.82, 2.24) is 4.98 Å². The first kappa shape index (κ1) is 18.1. The van der Waals surface area contributed by atoms with Crippen LogP contribution in [0.15, 0.2) is 47.4 Å². The lowest BCUT2D eigenvalue weighted by Crippen LogP contribution is -2.22. The molecule has 0 unspecified atom stereocenters. The van der Waals surface area contributed by atoms with Crippen LogP contribution in [0.5, 0.6) is 5.75 Å². The Balaban J connectivity index is 1.98. The van der Waals surface area contributed by atoms with E-state index in [1.165, 1.54) is 38.4 Å². The topological polar surface area (TPSA) is 100 Å². The number of anilines is 2. The van der Waals surface area contributed by atoms with Gasteiger partial charge in [-0.1, -0.05) is 0 Å². The molecule has 8 heteroatoms. The van der Waals surface area contributed by atoms with Crippen LogP contribution in [-0.2, 0) is 4.79 Å². The van der Waals surface area contributed by atoms with Crippen LogP contribution < -0.4 is 20.8 Å². The van der Waals surface area contributed by atoms with E-state index < -0.39 is 17.2 Å². The standard InChI is InChI=1S/C19H16FN3O4/c1-10(24)22-12-4-6-17(27-2)16(8-12)23-19(26)14-9-21-15-5-3-11(20)7-13(15)18(14)25/h3-9H,1-2H3,(H,21,25)(H,22,24)(H,23,26). The maximum Gasteiger partial charge on any atom is 0.261 e. The smallest absolute Gasteiger partial charge is 0.261 e. The number of fused-ring (bicyclic) bond motifs is 1. The van der Waals surface area contributed by atoms with Gasteiger partial charge in [0.2, 0.25) is 11.3 Å². The minimum absolute atomic E-state index is 0.0709. The lowest BCUT2D eigenvalue weighted by molar-refractivity contribution is -0.114. The molecule has 0 bridgehead atoms. The average Bonchev–Trinajstić information content (AvgIpc) is 2.62. The normalized spacial score (nSPS) is 10.5. The molecule has 2 aromatic carbocycles. The molecule has 0 saturated heterocycles. The van der Waals surface area contributed by atoms with Gasteiger partial charge in [0, 0.05) is 29.7 Å². The van der Waals surface area contributed by atoms with Crippen LogP contribution in [0.25, 0.3) is 10.9 Å². The zero-order valence-corrected chi connectivity index (χ0v) is 14.6. The van der Waals surface area contributed by atoms with Gasteiger partial charge in [-0.15, -0.1) is 0 Å². The maximum atomic E-state index is 13.4. The fourth-order valence-corrected chi connectivity index (χ4v) is 2.64. The number of H-pyrrole nitrogens is 1. The fraction of sp³-hybridized carbons (Fsp3) is 0.105. The number of hydrogen-bond donors (Lipinski definition) is 3. The van der Waals surface area contributed by atoms with Crippen LogP contribution in [0.1, 0.15) is 17.3 Å². The molecule has 0 spiro atoms. The van der Waals surface area contributed by atoms with E-state index in [1.807, 2.05) is 0 Å². The number of benzene rings is 2. The molecule has 2 amide bonds. The van der Waals surface area contributed by atoms with Crippen LogP contribution in [0.4, 0.5) is 15.8 Å². The quantitative estimate of drug-likeness (QED) is 0.658. The van der Waals surface area contributed by atoms with Gasteiger partial charge in [0.15, 0.2) is 0 Å². The summed E-state index contributed by atoms with van der Waals surface area (Å²) in [5, 5.41) is 5.25. The minimum atomic E-state index is -0.694. The van der Waals surface area contributed by atoms with Crippen LogP contribution in [0, 0.1) is 5.82 Å². The van der Waals surface area contributed by atoms with Gasteiger partial charge in [-0.25, -0.2) is 4.39 Å². The van der Waals surface area contributed by atoms with Crippen molar-refractivity contribution in [2.75, 3.05) is 17.7 Å². The number of amides is 2. The molecule has 7 nitrogen and oxygen atoms in total. The van der Waals surface area contributed by atoms with Gasteiger partial charge in [0.05, 0.1) is 12.8 Å². The minimum Gasteiger partial charge on any atom is -0.495 e. The third-order valence-corrected chi connectivity index (χ3v) is 3.86. The van der Waals surface area contributed by atoms with E-state index in [0.717, 1.165) is 6.07 Å². The van der Waals surface area contributed by atoms with E-state index in [-0.39, 0.29) is 22.5 Å². The molecule has 0 radical (unpaired) electrons. The molecular weight excluding hydrogens is 353 g/mol. The number of pyridine rings is 1. The Kier molecular flexibility index (Phi) is 4.89. The largest absolute Gasteiger partial charge is 0.495 e. The molecule has 27 heavy (non-hydrogen) atoms. The summed E-state index contributed by atoms with van der Waals surface area (Å²) in [5.74, 6) is -1.19. The Morgan fingerprint density at radius 2 is 1.89 bits per heavy atom. The number of aromatic nitrogens is 1. The van der Waals surface area contributed by atoms with Gasteiger partial charge < -0.3 is 20.4 Å². The zero-order chi connectivity index (χ0) is 19.6. The summed E-state index contributed by atoms with van der Waals surface area (Å²) in [6.45, 7) is 1.36. The van der Waals surface area contributed by atoms with E-state index in [9.17, 15) is 18.8 Å². The molecule has 3 aromatic rings. The van der Waals surface area contributed by atoms with Crippen LogP contribution in [-0.4, -0.2) is 23.9 Å². The number of rotatable bonds is 4. The van der Waals surface area contributed by atoms with Gasteiger partial charge >= 0.3 is 0 Å². The number of carbonyl (C=O) groups is 2. The number of ether oxygens (including phenoxy) is 1. The Morgan fingerprint density at radius 1 is 1.11 bits per heavy atom. The molecule has 0 aliphatic rings. The van der Waals surface area contributed by atoms with E-state index >= 15 is 0 Å². The molecule has 138 valence electrons. The van der Waals surface area contributed by atoms with Crippen molar-refractivity contribution >= 4 is 34.1 Å². The Bertz CT molecular complexity index is 1110. The molecule has 0 aliphatic carbocycles.